The molecule has 1 heterocycles. The Morgan fingerprint density at radius 1 is 1.33 bits per heavy atom. The average Bonchev–Trinajstić information content (AvgIpc) is 2.31. The van der Waals surface area contributed by atoms with Gasteiger partial charge >= 0.3 is 0 Å². The molecule has 1 aromatic rings. The van der Waals surface area contributed by atoms with Crippen LogP contribution in [0.25, 0.3) is 0 Å². The van der Waals surface area contributed by atoms with Gasteiger partial charge in [-0.05, 0) is 30.5 Å². The van der Waals surface area contributed by atoms with Crippen molar-refractivity contribution >= 4 is 37.8 Å². The largest absolute Gasteiger partial charge is 0.381 e. The first-order chi connectivity index (χ1) is 8.56. The second-order valence-electron chi connectivity index (χ2n) is 4.58. The highest BCUT2D eigenvalue weighted by Gasteiger charge is 2.23. The van der Waals surface area contributed by atoms with E-state index in [0.717, 1.165) is 22.0 Å². The molecule has 1 saturated heterocycles. The third kappa shape index (κ3) is 3.56. The number of carbonyl (C=O) groups excluding carboxylic acids is 1. The number of rotatable bonds is 2. The van der Waals surface area contributed by atoms with E-state index in [9.17, 15) is 4.79 Å². The Morgan fingerprint density at radius 2 is 2.00 bits per heavy atom. The number of hydrogen-bond donors (Lipinski definition) is 1. The van der Waals surface area contributed by atoms with Gasteiger partial charge in [0.2, 0.25) is 0 Å². The summed E-state index contributed by atoms with van der Waals surface area (Å²) in [6, 6.07) is 5.76. The van der Waals surface area contributed by atoms with Gasteiger partial charge in [-0.3, -0.25) is 4.79 Å². The van der Waals surface area contributed by atoms with Crippen molar-refractivity contribution < 1.29 is 9.53 Å². The summed E-state index contributed by atoms with van der Waals surface area (Å²) in [7, 11) is 0. The molecule has 0 spiro atoms. The van der Waals surface area contributed by atoms with Gasteiger partial charge in [0.25, 0.3) is 5.91 Å². The van der Waals surface area contributed by atoms with Crippen LogP contribution in [-0.2, 0) is 4.74 Å². The van der Waals surface area contributed by atoms with Gasteiger partial charge in [-0.15, -0.1) is 0 Å². The Labute approximate surface area is 124 Å². The summed E-state index contributed by atoms with van der Waals surface area (Å²) in [5.74, 6) is 0.328. The van der Waals surface area contributed by atoms with E-state index in [-0.39, 0.29) is 11.9 Å². The van der Waals surface area contributed by atoms with E-state index in [2.05, 4.69) is 44.1 Å². The van der Waals surface area contributed by atoms with Gasteiger partial charge < -0.3 is 10.1 Å². The third-order valence-corrected chi connectivity index (χ3v) is 4.00. The lowest BCUT2D eigenvalue weighted by atomic mass is 9.97. The number of nitrogens with one attached hydrogen (secondary N) is 1. The lowest BCUT2D eigenvalue weighted by Crippen LogP contribution is -2.44. The molecule has 1 aliphatic rings. The van der Waals surface area contributed by atoms with Crippen LogP contribution in [0, 0.1) is 5.92 Å². The smallest absolute Gasteiger partial charge is 0.251 e. The van der Waals surface area contributed by atoms with Crippen LogP contribution in [0.15, 0.2) is 27.1 Å². The molecular weight excluding hydrogens is 362 g/mol. The Kier molecular flexibility index (Phi) is 4.81. The lowest BCUT2D eigenvalue weighted by molar-refractivity contribution is 0.0375. The van der Waals surface area contributed by atoms with Gasteiger partial charge in [0, 0.05) is 27.2 Å². The first-order valence-electron chi connectivity index (χ1n) is 5.91. The summed E-state index contributed by atoms with van der Waals surface area (Å²) in [5.41, 5.74) is 0.662. The van der Waals surface area contributed by atoms with Gasteiger partial charge in [0.05, 0.1) is 6.61 Å². The molecule has 1 amide bonds. The number of hydrogen-bond acceptors (Lipinski definition) is 2. The summed E-state index contributed by atoms with van der Waals surface area (Å²) in [6.07, 6.45) is 0.877. The minimum Gasteiger partial charge on any atom is -0.381 e. The molecule has 1 aromatic carbocycles. The van der Waals surface area contributed by atoms with Gasteiger partial charge in [0.15, 0.2) is 0 Å². The van der Waals surface area contributed by atoms with Crippen LogP contribution >= 0.6 is 31.9 Å². The molecule has 1 fully saturated rings. The maximum atomic E-state index is 12.2. The first-order valence-corrected chi connectivity index (χ1v) is 7.49. The maximum absolute atomic E-state index is 12.2. The number of carbonyl (C=O) groups is 1. The van der Waals surface area contributed by atoms with Crippen molar-refractivity contribution in [3.63, 3.8) is 0 Å². The predicted octanol–water partition coefficient (Wildman–Crippen LogP) is 3.37. The molecule has 98 valence electrons. The number of halogens is 2. The summed E-state index contributed by atoms with van der Waals surface area (Å²) in [4.78, 5) is 12.2. The van der Waals surface area contributed by atoms with E-state index in [1.807, 2.05) is 18.2 Å². The van der Waals surface area contributed by atoms with Crippen molar-refractivity contribution in [2.24, 2.45) is 5.92 Å². The minimum absolute atomic E-state index is 0.0317. The Balaban J connectivity index is 2.06. The highest BCUT2D eigenvalue weighted by molar-refractivity contribution is 9.11. The van der Waals surface area contributed by atoms with E-state index < -0.39 is 0 Å². The summed E-state index contributed by atoms with van der Waals surface area (Å²) >= 11 is 6.78. The average molecular weight is 377 g/mol. The van der Waals surface area contributed by atoms with Crippen molar-refractivity contribution in [2.45, 2.75) is 19.4 Å². The van der Waals surface area contributed by atoms with Crippen molar-refractivity contribution in [3.05, 3.63) is 32.7 Å². The van der Waals surface area contributed by atoms with E-state index in [1.165, 1.54) is 0 Å². The van der Waals surface area contributed by atoms with Crippen molar-refractivity contribution in [1.29, 1.82) is 0 Å². The van der Waals surface area contributed by atoms with E-state index >= 15 is 0 Å². The minimum atomic E-state index is -0.0317. The number of benzene rings is 1. The molecule has 3 nitrogen and oxygen atoms in total. The van der Waals surface area contributed by atoms with Crippen LogP contribution in [0.2, 0.25) is 0 Å². The highest BCUT2D eigenvalue weighted by atomic mass is 79.9. The van der Waals surface area contributed by atoms with Crippen LogP contribution in [0.5, 0.6) is 0 Å². The van der Waals surface area contributed by atoms with Crippen molar-refractivity contribution in [2.75, 3.05) is 13.2 Å². The molecular formula is C13H15Br2NO2. The van der Waals surface area contributed by atoms with E-state index in [0.29, 0.717) is 18.1 Å². The van der Waals surface area contributed by atoms with Gasteiger partial charge in [-0.25, -0.2) is 0 Å². The fourth-order valence-electron chi connectivity index (χ4n) is 2.03. The molecule has 0 aliphatic carbocycles. The molecule has 0 bridgehead atoms. The van der Waals surface area contributed by atoms with E-state index in [4.69, 9.17) is 4.74 Å². The summed E-state index contributed by atoms with van der Waals surface area (Å²) in [6.45, 7) is 3.53. The Bertz CT molecular complexity index is 430. The highest BCUT2D eigenvalue weighted by Crippen LogP contribution is 2.21. The molecule has 2 rings (SSSR count). The summed E-state index contributed by atoms with van der Waals surface area (Å²) < 4.78 is 7.15. The lowest BCUT2D eigenvalue weighted by Gasteiger charge is -2.29. The first kappa shape index (κ1) is 14.0. The van der Waals surface area contributed by atoms with Crippen LogP contribution in [0.3, 0.4) is 0 Å². The standard InChI is InChI=1S/C13H15Br2NO2/c1-8-7-18-3-2-12(8)16-13(17)9-4-10(14)6-11(15)5-9/h4-6,8,12H,2-3,7H2,1H3,(H,16,17). The molecule has 18 heavy (non-hydrogen) atoms. The second-order valence-corrected chi connectivity index (χ2v) is 6.41. The zero-order valence-electron chi connectivity index (χ0n) is 10.1. The Morgan fingerprint density at radius 3 is 2.61 bits per heavy atom. The normalized spacial score (nSPS) is 23.7. The van der Waals surface area contributed by atoms with Crippen LogP contribution < -0.4 is 5.32 Å². The molecule has 0 radical (unpaired) electrons. The molecule has 1 N–H and O–H groups in total. The second kappa shape index (κ2) is 6.17. The van der Waals surface area contributed by atoms with Crippen LogP contribution in [0.4, 0.5) is 0 Å². The summed E-state index contributed by atoms with van der Waals surface area (Å²) in [5, 5.41) is 3.08. The van der Waals surface area contributed by atoms with Gasteiger partial charge in [-0.2, -0.15) is 0 Å². The maximum Gasteiger partial charge on any atom is 0.251 e. The van der Waals surface area contributed by atoms with Crippen molar-refractivity contribution in [3.8, 4) is 0 Å². The van der Waals surface area contributed by atoms with Crippen LogP contribution in [0.1, 0.15) is 23.7 Å². The molecule has 1 aliphatic heterocycles. The predicted molar refractivity (Wildman–Crippen MR) is 77.7 cm³/mol. The zero-order valence-corrected chi connectivity index (χ0v) is 13.3. The van der Waals surface area contributed by atoms with E-state index in [1.54, 1.807) is 0 Å². The molecule has 0 saturated carbocycles. The quantitative estimate of drug-likeness (QED) is 0.859. The number of ether oxygens (including phenoxy) is 1. The zero-order chi connectivity index (χ0) is 13.1. The van der Waals surface area contributed by atoms with Gasteiger partial charge in [-0.1, -0.05) is 38.8 Å². The van der Waals surface area contributed by atoms with Crippen LogP contribution in [-0.4, -0.2) is 25.2 Å². The molecule has 2 atom stereocenters. The molecule has 2 unspecified atom stereocenters. The van der Waals surface area contributed by atoms with Gasteiger partial charge in [0.1, 0.15) is 0 Å². The Hall–Kier alpha value is -0.390. The fraction of sp³-hybridized carbons (Fsp3) is 0.462. The molecule has 5 heteroatoms. The monoisotopic (exact) mass is 375 g/mol. The molecule has 0 aromatic heterocycles. The van der Waals surface area contributed by atoms with Crippen molar-refractivity contribution in [1.82, 2.24) is 5.32 Å². The third-order valence-electron chi connectivity index (χ3n) is 3.08. The SMILES string of the molecule is CC1COCCC1NC(=O)c1cc(Br)cc(Br)c1. The fourth-order valence-corrected chi connectivity index (χ4v) is 3.32. The topological polar surface area (TPSA) is 38.3 Å². The number of amides is 1.